The Morgan fingerprint density at radius 3 is 3.17 bits per heavy atom. The Morgan fingerprint density at radius 1 is 1.75 bits per heavy atom. The van der Waals surface area contributed by atoms with Crippen LogP contribution >= 0.6 is 0 Å². The summed E-state index contributed by atoms with van der Waals surface area (Å²) < 4.78 is 2.01. The van der Waals surface area contributed by atoms with Gasteiger partial charge in [0.25, 0.3) is 0 Å². The van der Waals surface area contributed by atoms with Gasteiger partial charge in [0.2, 0.25) is 0 Å². The van der Waals surface area contributed by atoms with E-state index in [4.69, 9.17) is 0 Å². The lowest BCUT2D eigenvalue weighted by Crippen LogP contribution is -2.15. The van der Waals surface area contributed by atoms with Crippen molar-refractivity contribution in [3.63, 3.8) is 0 Å². The lowest BCUT2D eigenvalue weighted by Gasteiger charge is -2.02. The molecule has 0 atom stereocenters. The lowest BCUT2D eigenvalue weighted by molar-refractivity contribution is 0.659. The minimum Gasteiger partial charge on any atom is -0.337 e. The van der Waals surface area contributed by atoms with E-state index in [1.54, 1.807) is 0 Å². The quantitative estimate of drug-likeness (QED) is 0.523. The van der Waals surface area contributed by atoms with Gasteiger partial charge < -0.3 is 9.88 Å². The molecular weight excluding hydrogens is 150 g/mol. The summed E-state index contributed by atoms with van der Waals surface area (Å²) in [7, 11) is 2.00. The van der Waals surface area contributed by atoms with Crippen molar-refractivity contribution >= 4 is 0 Å². The van der Waals surface area contributed by atoms with Crippen LogP contribution in [0.3, 0.4) is 0 Å². The molecule has 0 aliphatic heterocycles. The highest BCUT2D eigenvalue weighted by Gasteiger charge is 1.95. The van der Waals surface area contributed by atoms with Crippen molar-refractivity contribution in [1.29, 1.82) is 0 Å². The number of hydrogen-bond donors (Lipinski definition) is 1. The summed E-state index contributed by atoms with van der Waals surface area (Å²) in [6, 6.07) is 0. The van der Waals surface area contributed by atoms with Gasteiger partial charge in [-0.15, -0.1) is 6.58 Å². The molecular formula is C9H15N3. The first-order chi connectivity index (χ1) is 5.84. The Bertz CT molecular complexity index is 240. The smallest absolute Gasteiger partial charge is 0.0945 e. The van der Waals surface area contributed by atoms with Crippen LogP contribution in [-0.4, -0.2) is 16.1 Å². The Hall–Kier alpha value is -1.09. The van der Waals surface area contributed by atoms with Crippen molar-refractivity contribution in [2.24, 2.45) is 7.05 Å². The molecule has 1 rings (SSSR count). The highest BCUT2D eigenvalue weighted by atomic mass is 15.0. The molecule has 0 unspecified atom stereocenters. The van der Waals surface area contributed by atoms with E-state index in [0.29, 0.717) is 0 Å². The summed E-state index contributed by atoms with van der Waals surface area (Å²) in [5.41, 5.74) is 1.21. The highest BCUT2D eigenvalue weighted by Crippen LogP contribution is 1.94. The Morgan fingerprint density at radius 2 is 2.58 bits per heavy atom. The fraction of sp³-hybridized carbons (Fsp3) is 0.444. The molecule has 0 amide bonds. The van der Waals surface area contributed by atoms with Crippen molar-refractivity contribution in [3.8, 4) is 0 Å². The average molecular weight is 165 g/mol. The Balaban J connectivity index is 2.24. The Kier molecular flexibility index (Phi) is 3.54. The molecule has 0 fully saturated rings. The molecule has 0 saturated carbocycles. The van der Waals surface area contributed by atoms with Crippen molar-refractivity contribution in [2.45, 2.75) is 13.0 Å². The number of nitrogens with one attached hydrogen (secondary N) is 1. The van der Waals surface area contributed by atoms with E-state index >= 15 is 0 Å². The van der Waals surface area contributed by atoms with Crippen LogP contribution in [0.4, 0.5) is 0 Å². The summed E-state index contributed by atoms with van der Waals surface area (Å²) in [5.74, 6) is 0. The zero-order valence-corrected chi connectivity index (χ0v) is 7.45. The summed E-state index contributed by atoms with van der Waals surface area (Å²) >= 11 is 0. The van der Waals surface area contributed by atoms with Crippen LogP contribution in [0, 0.1) is 0 Å². The molecule has 12 heavy (non-hydrogen) atoms. The predicted octanol–water partition coefficient (Wildman–Crippen LogP) is 1.09. The minimum atomic E-state index is 0.879. The average Bonchev–Trinajstić information content (AvgIpc) is 2.46. The van der Waals surface area contributed by atoms with Gasteiger partial charge in [-0.25, -0.2) is 4.98 Å². The molecule has 0 spiro atoms. The fourth-order valence-corrected chi connectivity index (χ4v) is 0.976. The van der Waals surface area contributed by atoms with Crippen LogP contribution < -0.4 is 5.32 Å². The summed E-state index contributed by atoms with van der Waals surface area (Å²) in [4.78, 5) is 4.02. The van der Waals surface area contributed by atoms with Crippen LogP contribution in [0.15, 0.2) is 25.2 Å². The van der Waals surface area contributed by atoms with Crippen LogP contribution in [0.25, 0.3) is 0 Å². The van der Waals surface area contributed by atoms with E-state index < -0.39 is 0 Å². The maximum Gasteiger partial charge on any atom is 0.0945 e. The second kappa shape index (κ2) is 4.72. The van der Waals surface area contributed by atoms with E-state index in [0.717, 1.165) is 19.5 Å². The number of rotatable bonds is 5. The van der Waals surface area contributed by atoms with Crippen LogP contribution in [-0.2, 0) is 13.6 Å². The van der Waals surface area contributed by atoms with Crippen molar-refractivity contribution < 1.29 is 0 Å². The van der Waals surface area contributed by atoms with Crippen molar-refractivity contribution in [1.82, 2.24) is 14.9 Å². The van der Waals surface area contributed by atoms with E-state index in [1.165, 1.54) is 5.69 Å². The molecule has 1 N–H and O–H groups in total. The molecule has 0 bridgehead atoms. The molecule has 0 saturated heterocycles. The summed E-state index contributed by atoms with van der Waals surface area (Å²) in [6.07, 6.45) is 6.61. The first kappa shape index (κ1) is 9.00. The largest absolute Gasteiger partial charge is 0.337 e. The first-order valence-corrected chi connectivity index (χ1v) is 4.11. The zero-order valence-electron chi connectivity index (χ0n) is 7.45. The van der Waals surface area contributed by atoms with E-state index in [1.807, 2.05) is 30.2 Å². The highest BCUT2D eigenvalue weighted by molar-refractivity contribution is 4.96. The van der Waals surface area contributed by atoms with Crippen LogP contribution in [0.1, 0.15) is 12.1 Å². The normalized spacial score (nSPS) is 10.1. The third kappa shape index (κ3) is 2.51. The van der Waals surface area contributed by atoms with E-state index in [2.05, 4.69) is 16.9 Å². The number of aryl methyl sites for hydroxylation is 1. The zero-order chi connectivity index (χ0) is 8.81. The molecule has 0 aromatic carbocycles. The van der Waals surface area contributed by atoms with Gasteiger partial charge in [0.05, 0.1) is 12.0 Å². The monoisotopic (exact) mass is 165 g/mol. The SMILES string of the molecule is C=CCCNCc1cncn1C. The molecule has 0 aliphatic carbocycles. The molecule has 0 aliphatic rings. The molecule has 0 radical (unpaired) electrons. The van der Waals surface area contributed by atoms with Gasteiger partial charge in [-0.05, 0) is 13.0 Å². The second-order valence-electron chi connectivity index (χ2n) is 2.75. The van der Waals surface area contributed by atoms with Gasteiger partial charge in [0.1, 0.15) is 0 Å². The second-order valence-corrected chi connectivity index (χ2v) is 2.75. The molecule has 66 valence electrons. The molecule has 3 nitrogen and oxygen atoms in total. The van der Waals surface area contributed by atoms with Gasteiger partial charge in [0, 0.05) is 19.8 Å². The van der Waals surface area contributed by atoms with E-state index in [-0.39, 0.29) is 0 Å². The Labute approximate surface area is 73.1 Å². The molecule has 3 heteroatoms. The predicted molar refractivity (Wildman–Crippen MR) is 49.7 cm³/mol. The maximum absolute atomic E-state index is 4.02. The third-order valence-corrected chi connectivity index (χ3v) is 1.75. The number of imidazole rings is 1. The van der Waals surface area contributed by atoms with Crippen LogP contribution in [0.2, 0.25) is 0 Å². The topological polar surface area (TPSA) is 29.9 Å². The minimum absolute atomic E-state index is 0.879. The van der Waals surface area contributed by atoms with Gasteiger partial charge in [-0.1, -0.05) is 6.08 Å². The van der Waals surface area contributed by atoms with Gasteiger partial charge in [0.15, 0.2) is 0 Å². The number of hydrogen-bond acceptors (Lipinski definition) is 2. The number of nitrogens with zero attached hydrogens (tertiary/aromatic N) is 2. The van der Waals surface area contributed by atoms with E-state index in [9.17, 15) is 0 Å². The van der Waals surface area contributed by atoms with Crippen molar-refractivity contribution in [2.75, 3.05) is 6.54 Å². The fourth-order valence-electron chi connectivity index (χ4n) is 0.976. The summed E-state index contributed by atoms with van der Waals surface area (Å²) in [6.45, 7) is 5.52. The van der Waals surface area contributed by atoms with Crippen LogP contribution in [0.5, 0.6) is 0 Å². The number of aromatic nitrogens is 2. The molecule has 1 aromatic rings. The van der Waals surface area contributed by atoms with Gasteiger partial charge >= 0.3 is 0 Å². The third-order valence-electron chi connectivity index (χ3n) is 1.75. The maximum atomic E-state index is 4.02. The lowest BCUT2D eigenvalue weighted by atomic mass is 10.4. The van der Waals surface area contributed by atoms with Crippen molar-refractivity contribution in [3.05, 3.63) is 30.9 Å². The van der Waals surface area contributed by atoms with Gasteiger partial charge in [-0.2, -0.15) is 0 Å². The molecule has 1 aromatic heterocycles. The molecule has 1 heterocycles. The standard InChI is InChI=1S/C9H15N3/c1-3-4-5-10-6-9-7-11-8-12(9)2/h3,7-8,10H,1,4-6H2,2H3. The first-order valence-electron chi connectivity index (χ1n) is 4.11. The van der Waals surface area contributed by atoms with Gasteiger partial charge in [-0.3, -0.25) is 0 Å². The summed E-state index contributed by atoms with van der Waals surface area (Å²) in [5, 5.41) is 3.30.